The lowest BCUT2D eigenvalue weighted by Gasteiger charge is -2.17. The Hall–Kier alpha value is -1.20. The van der Waals surface area contributed by atoms with Gasteiger partial charge in [-0.2, -0.15) is 0 Å². The van der Waals surface area contributed by atoms with Crippen molar-refractivity contribution in [3.8, 4) is 0 Å². The normalized spacial score (nSPS) is 10.5. The zero-order chi connectivity index (χ0) is 13.8. The molecule has 0 radical (unpaired) electrons. The van der Waals surface area contributed by atoms with Crippen LogP contribution in [0, 0.1) is 5.82 Å². The average molecular weight is 342 g/mol. The third kappa shape index (κ3) is 3.88. The maximum Gasteiger partial charge on any atom is 0.227 e. The van der Waals surface area contributed by atoms with Gasteiger partial charge in [0, 0.05) is 28.5 Å². The van der Waals surface area contributed by atoms with Crippen molar-refractivity contribution in [2.75, 3.05) is 7.05 Å². The zero-order valence-corrected chi connectivity index (χ0v) is 12.8. The Labute approximate surface area is 124 Å². The minimum atomic E-state index is -0.293. The largest absolute Gasteiger partial charge is 0.341 e. The number of likely N-dealkylation sites (N-methyl/N-ethyl adjacent to an activating group) is 1. The van der Waals surface area contributed by atoms with Crippen molar-refractivity contribution in [1.82, 2.24) is 4.90 Å². The van der Waals surface area contributed by atoms with Crippen molar-refractivity contribution >= 4 is 33.2 Å². The van der Waals surface area contributed by atoms with Gasteiger partial charge in [-0.1, -0.05) is 22.0 Å². The van der Waals surface area contributed by atoms with Gasteiger partial charge in [-0.15, -0.1) is 11.3 Å². The van der Waals surface area contributed by atoms with Crippen molar-refractivity contribution in [2.45, 2.75) is 13.0 Å². The van der Waals surface area contributed by atoms with Crippen molar-refractivity contribution in [3.63, 3.8) is 0 Å². The fourth-order valence-electron chi connectivity index (χ4n) is 1.71. The molecule has 0 spiro atoms. The van der Waals surface area contributed by atoms with E-state index in [0.29, 0.717) is 12.0 Å². The number of hydrogen-bond acceptors (Lipinski definition) is 2. The molecule has 0 saturated heterocycles. The lowest BCUT2D eigenvalue weighted by atomic mass is 10.2. The first-order valence-corrected chi connectivity index (χ1v) is 7.44. The quantitative estimate of drug-likeness (QED) is 0.827. The van der Waals surface area contributed by atoms with Gasteiger partial charge in [0.25, 0.3) is 0 Å². The van der Waals surface area contributed by atoms with E-state index in [1.54, 1.807) is 35.4 Å². The first-order valence-electron chi connectivity index (χ1n) is 5.76. The summed E-state index contributed by atoms with van der Waals surface area (Å²) >= 11 is 4.85. The summed E-state index contributed by atoms with van der Waals surface area (Å²) in [5, 5.41) is 1.94. The number of amides is 1. The smallest absolute Gasteiger partial charge is 0.227 e. The number of thiophene rings is 1. The van der Waals surface area contributed by atoms with E-state index in [-0.39, 0.29) is 18.3 Å². The molecule has 0 bridgehead atoms. The molecule has 0 saturated carbocycles. The molecule has 1 heterocycles. The van der Waals surface area contributed by atoms with Gasteiger partial charge in [0.15, 0.2) is 0 Å². The summed E-state index contributed by atoms with van der Waals surface area (Å²) in [5.74, 6) is -0.305. The van der Waals surface area contributed by atoms with Crippen LogP contribution in [0.25, 0.3) is 0 Å². The van der Waals surface area contributed by atoms with Gasteiger partial charge in [-0.3, -0.25) is 4.79 Å². The van der Waals surface area contributed by atoms with Crippen LogP contribution in [-0.4, -0.2) is 17.9 Å². The van der Waals surface area contributed by atoms with Crippen LogP contribution < -0.4 is 0 Å². The van der Waals surface area contributed by atoms with Gasteiger partial charge in [-0.25, -0.2) is 4.39 Å². The van der Waals surface area contributed by atoms with Crippen molar-refractivity contribution < 1.29 is 9.18 Å². The maximum absolute atomic E-state index is 13.6. The highest BCUT2D eigenvalue weighted by Gasteiger charge is 2.13. The van der Waals surface area contributed by atoms with Crippen molar-refractivity contribution in [3.05, 3.63) is 56.4 Å². The topological polar surface area (TPSA) is 20.3 Å². The predicted octanol–water partition coefficient (Wildman–Crippen LogP) is 3.85. The summed E-state index contributed by atoms with van der Waals surface area (Å²) in [4.78, 5) is 14.6. The highest BCUT2D eigenvalue weighted by molar-refractivity contribution is 9.10. The molecule has 1 amide bonds. The molecule has 2 aromatic rings. The van der Waals surface area contributed by atoms with Gasteiger partial charge in [0.1, 0.15) is 5.82 Å². The van der Waals surface area contributed by atoms with Crippen LogP contribution in [0.3, 0.4) is 0 Å². The van der Waals surface area contributed by atoms with E-state index >= 15 is 0 Å². The number of halogens is 2. The van der Waals surface area contributed by atoms with E-state index in [1.165, 1.54) is 6.07 Å². The maximum atomic E-state index is 13.6. The molecule has 19 heavy (non-hydrogen) atoms. The Bertz CT molecular complexity index is 571. The van der Waals surface area contributed by atoms with Crippen LogP contribution >= 0.6 is 27.3 Å². The molecule has 0 aliphatic carbocycles. The summed E-state index contributed by atoms with van der Waals surface area (Å²) in [7, 11) is 1.69. The summed E-state index contributed by atoms with van der Waals surface area (Å²) in [5.41, 5.74) is 0.511. The Kier molecular flexibility index (Phi) is 4.71. The molecule has 100 valence electrons. The summed E-state index contributed by atoms with van der Waals surface area (Å²) < 4.78 is 14.4. The van der Waals surface area contributed by atoms with E-state index in [1.807, 2.05) is 17.5 Å². The van der Waals surface area contributed by atoms with Gasteiger partial charge >= 0.3 is 0 Å². The first-order chi connectivity index (χ1) is 9.06. The SMILES string of the molecule is CN(Cc1cc(Br)ccc1F)C(=O)Cc1cccs1. The first kappa shape index (κ1) is 14.2. The fraction of sp³-hybridized carbons (Fsp3) is 0.214. The van der Waals surface area contributed by atoms with E-state index in [2.05, 4.69) is 15.9 Å². The van der Waals surface area contributed by atoms with Gasteiger partial charge in [-0.05, 0) is 29.6 Å². The van der Waals surface area contributed by atoms with Gasteiger partial charge < -0.3 is 4.90 Å². The molecule has 0 unspecified atom stereocenters. The molecular weight excluding hydrogens is 329 g/mol. The molecule has 1 aromatic carbocycles. The molecule has 2 rings (SSSR count). The fourth-order valence-corrected chi connectivity index (χ4v) is 2.81. The monoisotopic (exact) mass is 341 g/mol. The second-order valence-corrected chi connectivity index (χ2v) is 6.19. The van der Waals surface area contributed by atoms with Crippen molar-refractivity contribution in [1.29, 1.82) is 0 Å². The molecule has 0 fully saturated rings. The third-order valence-corrected chi connectivity index (χ3v) is 4.12. The van der Waals surface area contributed by atoms with Crippen LogP contribution in [-0.2, 0) is 17.8 Å². The van der Waals surface area contributed by atoms with Crippen LogP contribution in [0.2, 0.25) is 0 Å². The van der Waals surface area contributed by atoms with E-state index in [0.717, 1.165) is 9.35 Å². The molecular formula is C14H13BrFNOS. The lowest BCUT2D eigenvalue weighted by Crippen LogP contribution is -2.27. The number of nitrogens with zero attached hydrogens (tertiary/aromatic N) is 1. The Morgan fingerprint density at radius 1 is 1.42 bits per heavy atom. The zero-order valence-electron chi connectivity index (χ0n) is 10.4. The van der Waals surface area contributed by atoms with E-state index < -0.39 is 0 Å². The number of rotatable bonds is 4. The molecule has 5 heteroatoms. The summed E-state index contributed by atoms with van der Waals surface area (Å²) in [6.45, 7) is 0.273. The second kappa shape index (κ2) is 6.30. The summed E-state index contributed by atoms with van der Waals surface area (Å²) in [6, 6.07) is 8.59. The lowest BCUT2D eigenvalue weighted by molar-refractivity contribution is -0.129. The summed E-state index contributed by atoms with van der Waals surface area (Å²) in [6.07, 6.45) is 0.365. The molecule has 0 aliphatic heterocycles. The molecule has 1 aromatic heterocycles. The number of carbonyl (C=O) groups excluding carboxylic acids is 1. The van der Waals surface area contributed by atoms with Gasteiger partial charge in [0.05, 0.1) is 6.42 Å². The van der Waals surface area contributed by atoms with E-state index in [9.17, 15) is 9.18 Å². The Morgan fingerprint density at radius 2 is 2.21 bits per heavy atom. The van der Waals surface area contributed by atoms with Crippen molar-refractivity contribution in [2.24, 2.45) is 0 Å². The second-order valence-electron chi connectivity index (χ2n) is 4.24. The van der Waals surface area contributed by atoms with Gasteiger partial charge in [0.2, 0.25) is 5.91 Å². The number of carbonyl (C=O) groups is 1. The van der Waals surface area contributed by atoms with Crippen LogP contribution in [0.15, 0.2) is 40.2 Å². The minimum absolute atomic E-state index is 0.0122. The number of benzene rings is 1. The molecule has 0 atom stereocenters. The molecule has 0 N–H and O–H groups in total. The standard InChI is InChI=1S/C14H13BrFNOS/c1-17(14(18)8-12-3-2-6-19-12)9-10-7-11(15)4-5-13(10)16/h2-7H,8-9H2,1H3. The minimum Gasteiger partial charge on any atom is -0.341 e. The highest BCUT2D eigenvalue weighted by Crippen LogP contribution is 2.17. The highest BCUT2D eigenvalue weighted by atomic mass is 79.9. The third-order valence-electron chi connectivity index (χ3n) is 2.75. The molecule has 0 aliphatic rings. The van der Waals surface area contributed by atoms with Crippen LogP contribution in [0.1, 0.15) is 10.4 Å². The molecule has 2 nitrogen and oxygen atoms in total. The Balaban J connectivity index is 2.02. The van der Waals surface area contributed by atoms with Crippen LogP contribution in [0.5, 0.6) is 0 Å². The average Bonchev–Trinajstić information content (AvgIpc) is 2.86. The van der Waals surface area contributed by atoms with Crippen LogP contribution in [0.4, 0.5) is 4.39 Å². The van der Waals surface area contributed by atoms with E-state index in [4.69, 9.17) is 0 Å². The number of hydrogen-bond donors (Lipinski definition) is 0. The predicted molar refractivity (Wildman–Crippen MR) is 78.6 cm³/mol. The Morgan fingerprint density at radius 3 is 2.89 bits per heavy atom.